The fraction of sp³-hybridized carbons (Fsp3) is 0.500. The van der Waals surface area contributed by atoms with Crippen LogP contribution < -0.4 is 5.73 Å². The molecule has 0 unspecified atom stereocenters. The Bertz CT molecular complexity index is 689. The smallest absolute Gasteiger partial charge is 0.151 e. The minimum Gasteiger partial charge on any atom is -0.394 e. The lowest BCUT2D eigenvalue weighted by molar-refractivity contribution is -0.0675. The Morgan fingerprint density at radius 3 is 2.90 bits per heavy atom. The number of fused-ring (bicyclic) bond motifs is 1. The van der Waals surface area contributed by atoms with Gasteiger partial charge in [-0.2, -0.15) is 5.10 Å². The highest BCUT2D eigenvalue weighted by Gasteiger charge is 2.54. The third-order valence-electron chi connectivity index (χ3n) is 3.81. The zero-order valence-electron chi connectivity index (χ0n) is 11.1. The van der Waals surface area contributed by atoms with Crippen LogP contribution in [0.4, 0.5) is 10.2 Å². The monoisotopic (exact) mass is 298 g/mol. The van der Waals surface area contributed by atoms with Crippen molar-refractivity contribution in [3.63, 3.8) is 0 Å². The van der Waals surface area contributed by atoms with Crippen molar-refractivity contribution in [2.45, 2.75) is 30.8 Å². The highest BCUT2D eigenvalue weighted by Crippen LogP contribution is 2.42. The van der Waals surface area contributed by atoms with Crippen molar-refractivity contribution in [1.29, 1.82) is 0 Å². The van der Waals surface area contributed by atoms with E-state index in [1.54, 1.807) is 0 Å². The maximum atomic E-state index is 14.3. The van der Waals surface area contributed by atoms with Crippen molar-refractivity contribution in [3.8, 4) is 0 Å². The summed E-state index contributed by atoms with van der Waals surface area (Å²) in [5.74, 6) is -0.620. The lowest BCUT2D eigenvalue weighted by Crippen LogP contribution is -2.43. The third kappa shape index (κ3) is 1.89. The summed E-state index contributed by atoms with van der Waals surface area (Å²) in [6.07, 6.45) is -2.44. The fourth-order valence-electron chi connectivity index (χ4n) is 2.64. The Morgan fingerprint density at radius 1 is 1.57 bits per heavy atom. The number of hydrogen-bond acceptors (Lipinski definition) is 7. The summed E-state index contributed by atoms with van der Waals surface area (Å²) in [6, 6.07) is 1.13. The molecule has 0 saturated carbocycles. The van der Waals surface area contributed by atoms with E-state index < -0.39 is 36.3 Å². The molecule has 4 atom stereocenters. The number of aromatic nitrogens is 3. The molecule has 0 spiro atoms. The largest absolute Gasteiger partial charge is 0.394 e. The average molecular weight is 298 g/mol. The molecule has 5 N–H and O–H groups in total. The first-order chi connectivity index (χ1) is 9.87. The van der Waals surface area contributed by atoms with Crippen molar-refractivity contribution >= 4 is 11.3 Å². The first-order valence-corrected chi connectivity index (χ1v) is 6.32. The molecule has 3 rings (SSSR count). The van der Waals surface area contributed by atoms with Crippen LogP contribution in [-0.4, -0.2) is 54.3 Å². The van der Waals surface area contributed by atoms with Gasteiger partial charge in [-0.05, 0) is 6.92 Å². The molecule has 1 aliphatic rings. The number of anilines is 1. The molecule has 2 aromatic rings. The predicted molar refractivity (Wildman–Crippen MR) is 68.7 cm³/mol. The molecule has 8 nitrogen and oxygen atoms in total. The lowest BCUT2D eigenvalue weighted by atomic mass is 9.91. The van der Waals surface area contributed by atoms with Gasteiger partial charge in [0.2, 0.25) is 0 Å². The quantitative estimate of drug-likeness (QED) is 0.560. The molecule has 9 heteroatoms. The SMILES string of the molecule is C[C@@]1(O)[C@H](O)[C@@H](CO)O[C@H]1c1c(F)cc2c(N)ncnn12. The van der Waals surface area contributed by atoms with Crippen molar-refractivity contribution < 1.29 is 24.4 Å². The van der Waals surface area contributed by atoms with E-state index in [4.69, 9.17) is 15.6 Å². The van der Waals surface area contributed by atoms with E-state index in [1.807, 2.05) is 0 Å². The van der Waals surface area contributed by atoms with Gasteiger partial charge in [0, 0.05) is 6.07 Å². The van der Waals surface area contributed by atoms with E-state index in [0.29, 0.717) is 0 Å². The van der Waals surface area contributed by atoms with Crippen LogP contribution in [0.5, 0.6) is 0 Å². The number of aliphatic hydroxyl groups is 3. The van der Waals surface area contributed by atoms with Gasteiger partial charge >= 0.3 is 0 Å². The molecule has 1 fully saturated rings. The molecular formula is C12H15FN4O4. The van der Waals surface area contributed by atoms with Gasteiger partial charge in [-0.3, -0.25) is 0 Å². The van der Waals surface area contributed by atoms with Crippen LogP contribution in [0.25, 0.3) is 5.52 Å². The molecule has 0 aliphatic carbocycles. The Hall–Kier alpha value is -1.81. The van der Waals surface area contributed by atoms with E-state index in [1.165, 1.54) is 11.4 Å². The number of nitrogens with two attached hydrogens (primary N) is 1. The Labute approximate surface area is 118 Å². The van der Waals surface area contributed by atoms with Gasteiger partial charge in [-0.15, -0.1) is 0 Å². The maximum Gasteiger partial charge on any atom is 0.151 e. The molecule has 0 bridgehead atoms. The highest BCUT2D eigenvalue weighted by molar-refractivity contribution is 5.65. The second-order valence-electron chi connectivity index (χ2n) is 5.23. The molecule has 114 valence electrons. The number of ether oxygens (including phenoxy) is 1. The van der Waals surface area contributed by atoms with Crippen LogP contribution in [-0.2, 0) is 4.74 Å². The summed E-state index contributed by atoms with van der Waals surface area (Å²) >= 11 is 0. The van der Waals surface area contributed by atoms with Gasteiger partial charge in [0.15, 0.2) is 5.82 Å². The van der Waals surface area contributed by atoms with Crippen LogP contribution in [0.1, 0.15) is 18.7 Å². The molecule has 21 heavy (non-hydrogen) atoms. The van der Waals surface area contributed by atoms with Crippen LogP contribution in [0.3, 0.4) is 0 Å². The normalized spacial score (nSPS) is 32.9. The minimum atomic E-state index is -1.79. The number of nitrogen functional groups attached to an aromatic ring is 1. The van der Waals surface area contributed by atoms with E-state index in [9.17, 15) is 14.6 Å². The predicted octanol–water partition coefficient (Wildman–Crippen LogP) is -1.01. The summed E-state index contributed by atoms with van der Waals surface area (Å²) in [5.41, 5.74) is 4.01. The van der Waals surface area contributed by atoms with Gasteiger partial charge in [-0.1, -0.05) is 0 Å². The topological polar surface area (TPSA) is 126 Å². The first-order valence-electron chi connectivity index (χ1n) is 6.32. The second kappa shape index (κ2) is 4.60. The Kier molecular flexibility index (Phi) is 3.10. The summed E-state index contributed by atoms with van der Waals surface area (Å²) < 4.78 is 20.8. The van der Waals surface area contributed by atoms with Crippen molar-refractivity contribution in [1.82, 2.24) is 14.6 Å². The van der Waals surface area contributed by atoms with Crippen LogP contribution in [0.15, 0.2) is 12.4 Å². The van der Waals surface area contributed by atoms with Crippen molar-refractivity contribution in [2.24, 2.45) is 0 Å². The number of rotatable bonds is 2. The molecule has 3 heterocycles. The van der Waals surface area contributed by atoms with Crippen LogP contribution >= 0.6 is 0 Å². The fourth-order valence-corrected chi connectivity index (χ4v) is 2.64. The molecule has 0 aromatic carbocycles. The number of nitrogens with zero attached hydrogens (tertiary/aromatic N) is 3. The van der Waals surface area contributed by atoms with Gasteiger partial charge in [0.25, 0.3) is 0 Å². The summed E-state index contributed by atoms with van der Waals surface area (Å²) in [5, 5.41) is 33.5. The van der Waals surface area contributed by atoms with Crippen molar-refractivity contribution in [3.05, 3.63) is 23.9 Å². The molecular weight excluding hydrogens is 283 g/mol. The minimum absolute atomic E-state index is 0.0760. The number of aliphatic hydroxyl groups excluding tert-OH is 2. The summed E-state index contributed by atoms with van der Waals surface area (Å²) in [7, 11) is 0. The lowest BCUT2D eigenvalue weighted by Gasteiger charge is -2.26. The zero-order chi connectivity index (χ0) is 15.4. The van der Waals surface area contributed by atoms with Gasteiger partial charge in [-0.25, -0.2) is 13.9 Å². The summed E-state index contributed by atoms with van der Waals surface area (Å²) in [4.78, 5) is 3.76. The Morgan fingerprint density at radius 2 is 2.29 bits per heavy atom. The van der Waals surface area contributed by atoms with Crippen LogP contribution in [0.2, 0.25) is 0 Å². The highest BCUT2D eigenvalue weighted by atomic mass is 19.1. The molecule has 1 saturated heterocycles. The van der Waals surface area contributed by atoms with E-state index >= 15 is 0 Å². The molecule has 0 amide bonds. The van der Waals surface area contributed by atoms with Crippen molar-refractivity contribution in [2.75, 3.05) is 12.3 Å². The molecule has 1 aliphatic heterocycles. The Balaban J connectivity index is 2.17. The van der Waals surface area contributed by atoms with Gasteiger partial charge in [0.1, 0.15) is 47.3 Å². The summed E-state index contributed by atoms with van der Waals surface area (Å²) in [6.45, 7) is 0.803. The number of halogens is 1. The molecule has 0 radical (unpaired) electrons. The second-order valence-corrected chi connectivity index (χ2v) is 5.23. The standard InChI is InChI=1S/C12H15FN4O4/c1-12(20)9(19)7(3-18)21-10(12)8-5(13)2-6-11(14)15-4-16-17(6)8/h2,4,7,9-10,18-20H,3H2,1H3,(H2,14,15,16)/t7-,9-,10+,12-/m1/s1. The van der Waals surface area contributed by atoms with E-state index in [-0.39, 0.29) is 17.0 Å². The average Bonchev–Trinajstić information content (AvgIpc) is 2.87. The first kappa shape index (κ1) is 14.1. The van der Waals surface area contributed by atoms with Gasteiger partial charge in [0.05, 0.1) is 6.61 Å². The number of hydrogen-bond donors (Lipinski definition) is 4. The maximum absolute atomic E-state index is 14.3. The van der Waals surface area contributed by atoms with E-state index in [0.717, 1.165) is 12.4 Å². The van der Waals surface area contributed by atoms with E-state index in [2.05, 4.69) is 10.1 Å². The molecule has 2 aromatic heterocycles. The third-order valence-corrected chi connectivity index (χ3v) is 3.81. The van der Waals surface area contributed by atoms with Gasteiger partial charge < -0.3 is 25.8 Å². The zero-order valence-corrected chi connectivity index (χ0v) is 11.1. The van der Waals surface area contributed by atoms with Crippen LogP contribution in [0, 0.1) is 5.82 Å².